The number of hydrogen-bond acceptors (Lipinski definition) is 17. The molecule has 2 aliphatic rings. The number of aromatic nitrogens is 6. The molecular weight excluding hydrogens is 963 g/mol. The number of sulfonamides is 2. The summed E-state index contributed by atoms with van der Waals surface area (Å²) in [7, 11) is -4.27. The SMILES string of the molecule is CCCC(=N)c1nc(-c2cc(S(=O)(=O)N3CC(CCCO[N+](=O)[O-])C3)ccc2OCC)[nH]c(=O)c1NC.CCCc1nn(C)c2c(=O)[nH]c(-c3cc(S(=O)(=O)N4CC(CCCO)C4)ccc3OCC)nc12. The lowest BCUT2D eigenvalue weighted by molar-refractivity contribution is -0.757. The molecule has 5 N–H and O–H groups in total. The first kappa shape index (κ1) is 54.1. The van der Waals surface area contributed by atoms with Gasteiger partial charge in [-0.25, -0.2) is 26.8 Å². The van der Waals surface area contributed by atoms with E-state index in [-0.39, 0.29) is 69.1 Å². The molecule has 5 heterocycles. The van der Waals surface area contributed by atoms with Gasteiger partial charge in [0.1, 0.15) is 40.0 Å². The number of fused-ring (bicyclic) bond motifs is 1. The fraction of sp³-hybridized carbons (Fsp3) is 0.522. The molecule has 25 heteroatoms. The summed E-state index contributed by atoms with van der Waals surface area (Å²) in [6, 6.07) is 9.04. The maximum atomic E-state index is 13.3. The first-order chi connectivity index (χ1) is 33.9. The summed E-state index contributed by atoms with van der Waals surface area (Å²) < 4.78 is 68.8. The molecule has 0 aliphatic carbocycles. The quantitative estimate of drug-likeness (QED) is 0.0242. The van der Waals surface area contributed by atoms with Crippen LogP contribution < -0.4 is 25.9 Å². The molecule has 0 atom stereocenters. The number of rotatable bonds is 24. The highest BCUT2D eigenvalue weighted by atomic mass is 32.2. The van der Waals surface area contributed by atoms with E-state index >= 15 is 0 Å². The first-order valence-corrected chi connectivity index (χ1v) is 26.6. The minimum absolute atomic E-state index is 0.0200. The standard InChI is InChI=1S/C23H32N6O7S.C23H31N5O5S/c1-4-7-18(24)20-21(25-3)23(30)27-22(26-20)17-12-16(9-10-19(17)35-5-2)37(33,34)28-13-15(14-28)8-6-11-36-29(31)32;1-4-7-18-20-21(27(3)26-18)23(30)25-22(24-20)17-12-16(9-10-19(17)33-5-2)34(31,32)28-13-15(14-28)8-6-11-29/h9-10,12,15,24-25H,4-8,11,13-14H2,1-3H3,(H,26,27,30);9-10,12,15,29H,4-8,11,13-14H2,1-3H3,(H,24,25,30). The summed E-state index contributed by atoms with van der Waals surface area (Å²) in [5.41, 5.74) is 2.04. The van der Waals surface area contributed by atoms with Crippen LogP contribution in [0.2, 0.25) is 0 Å². The highest BCUT2D eigenvalue weighted by Crippen LogP contribution is 2.36. The molecule has 5 aromatic rings. The molecule has 23 nitrogen and oxygen atoms in total. The molecule has 386 valence electrons. The number of aliphatic hydroxyl groups is 1. The maximum Gasteiger partial charge on any atom is 0.294 e. The number of hydrogen-bond donors (Lipinski definition) is 5. The molecule has 3 aromatic heterocycles. The van der Waals surface area contributed by atoms with E-state index in [9.17, 15) is 36.5 Å². The number of nitrogens with zero attached hydrogens (tertiary/aromatic N) is 7. The van der Waals surface area contributed by atoms with Crippen LogP contribution in [0.25, 0.3) is 33.8 Å². The Bertz CT molecular complexity index is 3060. The van der Waals surface area contributed by atoms with Gasteiger partial charge in [-0.2, -0.15) is 13.7 Å². The molecule has 2 fully saturated rings. The Morgan fingerprint density at radius 1 is 0.845 bits per heavy atom. The monoisotopic (exact) mass is 1030 g/mol. The van der Waals surface area contributed by atoms with Crippen LogP contribution in [0, 0.1) is 27.4 Å². The van der Waals surface area contributed by atoms with Crippen molar-refractivity contribution in [1.82, 2.24) is 38.3 Å². The van der Waals surface area contributed by atoms with Crippen LogP contribution in [0.5, 0.6) is 11.5 Å². The van der Waals surface area contributed by atoms with Crippen LogP contribution >= 0.6 is 0 Å². The summed E-state index contributed by atoms with van der Waals surface area (Å²) in [5.74, 6) is 1.48. The minimum atomic E-state index is -3.84. The third kappa shape index (κ3) is 12.3. The topological polar surface area (TPSA) is 311 Å². The zero-order valence-corrected chi connectivity index (χ0v) is 42.5. The summed E-state index contributed by atoms with van der Waals surface area (Å²) in [5, 5.41) is 34.0. The van der Waals surface area contributed by atoms with E-state index in [0.717, 1.165) is 18.5 Å². The second-order valence-electron chi connectivity index (χ2n) is 17.2. The van der Waals surface area contributed by atoms with Gasteiger partial charge in [-0.3, -0.25) is 14.3 Å². The predicted octanol–water partition coefficient (Wildman–Crippen LogP) is 4.72. The number of ether oxygens (including phenoxy) is 2. The van der Waals surface area contributed by atoms with Crippen LogP contribution in [0.1, 0.15) is 84.0 Å². The maximum absolute atomic E-state index is 13.3. The number of aliphatic hydroxyl groups excluding tert-OH is 1. The molecule has 0 saturated carbocycles. The van der Waals surface area contributed by atoms with Gasteiger partial charge < -0.3 is 40.1 Å². The second kappa shape index (κ2) is 23.8. The van der Waals surface area contributed by atoms with E-state index in [0.29, 0.717) is 112 Å². The molecule has 71 heavy (non-hydrogen) atoms. The first-order valence-electron chi connectivity index (χ1n) is 23.7. The van der Waals surface area contributed by atoms with Crippen molar-refractivity contribution >= 4 is 42.5 Å². The van der Waals surface area contributed by atoms with Crippen molar-refractivity contribution in [3.8, 4) is 34.3 Å². The molecule has 0 spiro atoms. The van der Waals surface area contributed by atoms with E-state index in [2.05, 4.69) is 35.2 Å². The van der Waals surface area contributed by atoms with E-state index in [1.54, 1.807) is 27.1 Å². The average molecular weight is 1030 g/mol. The number of benzene rings is 2. The molecule has 0 bridgehead atoms. The highest BCUT2D eigenvalue weighted by molar-refractivity contribution is 7.89. The Kier molecular flexibility index (Phi) is 18.1. The lowest BCUT2D eigenvalue weighted by Crippen LogP contribution is -2.49. The van der Waals surface area contributed by atoms with Crippen molar-refractivity contribution in [2.45, 2.75) is 88.9 Å². The van der Waals surface area contributed by atoms with Gasteiger partial charge in [0.25, 0.3) is 16.2 Å². The van der Waals surface area contributed by atoms with Crippen molar-refractivity contribution in [3.05, 3.63) is 78.6 Å². The molecule has 2 aliphatic heterocycles. The summed E-state index contributed by atoms with van der Waals surface area (Å²) in [6.07, 6.45) is 5.19. The van der Waals surface area contributed by atoms with E-state index in [1.807, 2.05) is 20.8 Å². The Morgan fingerprint density at radius 3 is 1.87 bits per heavy atom. The smallest absolute Gasteiger partial charge is 0.294 e. The summed E-state index contributed by atoms with van der Waals surface area (Å²) in [6.45, 7) is 9.80. The predicted molar refractivity (Wildman–Crippen MR) is 265 cm³/mol. The fourth-order valence-electron chi connectivity index (χ4n) is 8.46. The van der Waals surface area contributed by atoms with Crippen LogP contribution in [0.4, 0.5) is 5.69 Å². The van der Waals surface area contributed by atoms with E-state index in [1.165, 1.54) is 43.6 Å². The highest BCUT2D eigenvalue weighted by Gasteiger charge is 2.38. The third-order valence-corrected chi connectivity index (χ3v) is 15.7. The normalized spacial score (nSPS) is 14.6. The largest absolute Gasteiger partial charge is 0.493 e. The Morgan fingerprint density at radius 2 is 1.38 bits per heavy atom. The number of aryl methyl sites for hydroxylation is 2. The van der Waals surface area contributed by atoms with Crippen molar-refractivity contribution in [2.75, 3.05) is 65.0 Å². The van der Waals surface area contributed by atoms with Gasteiger partial charge in [-0.15, -0.1) is 10.1 Å². The zero-order chi connectivity index (χ0) is 51.6. The van der Waals surface area contributed by atoms with Gasteiger partial charge >= 0.3 is 0 Å². The number of aromatic amines is 2. The average Bonchev–Trinajstić information content (AvgIpc) is 3.62. The molecule has 7 rings (SSSR count). The summed E-state index contributed by atoms with van der Waals surface area (Å²) in [4.78, 5) is 55.1. The van der Waals surface area contributed by atoms with Crippen LogP contribution in [0.3, 0.4) is 0 Å². The van der Waals surface area contributed by atoms with Crippen LogP contribution in [0.15, 0.2) is 55.8 Å². The van der Waals surface area contributed by atoms with Crippen molar-refractivity contribution in [1.29, 1.82) is 5.41 Å². The van der Waals surface area contributed by atoms with E-state index < -0.39 is 30.7 Å². The van der Waals surface area contributed by atoms with Gasteiger partial charge in [-0.05, 0) is 101 Å². The van der Waals surface area contributed by atoms with Crippen LogP contribution in [-0.2, 0) is 38.4 Å². The third-order valence-electron chi connectivity index (χ3n) is 12.1. The lowest BCUT2D eigenvalue weighted by atomic mass is 9.98. The van der Waals surface area contributed by atoms with E-state index in [4.69, 9.17) is 20.0 Å². The molecule has 2 saturated heterocycles. The minimum Gasteiger partial charge on any atom is -0.493 e. The molecule has 0 radical (unpaired) electrons. The number of anilines is 1. The van der Waals surface area contributed by atoms with Crippen LogP contribution in [-0.4, -0.2) is 131 Å². The molecule has 2 aromatic carbocycles. The Labute approximate surface area is 411 Å². The number of H-pyrrole nitrogens is 2. The molecular formula is C46H63N11O12S2. The van der Waals surface area contributed by atoms with Gasteiger partial charge in [0.15, 0.2) is 5.52 Å². The molecule has 0 amide bonds. The van der Waals surface area contributed by atoms with Crippen molar-refractivity contribution in [2.24, 2.45) is 18.9 Å². The van der Waals surface area contributed by atoms with Crippen molar-refractivity contribution in [3.63, 3.8) is 0 Å². The van der Waals surface area contributed by atoms with Gasteiger partial charge in [0, 0.05) is 46.9 Å². The Hall–Kier alpha value is -6.28. The van der Waals surface area contributed by atoms with Crippen molar-refractivity contribution < 1.29 is 41.3 Å². The fourth-order valence-corrected chi connectivity index (χ4v) is 11.7. The lowest BCUT2D eigenvalue weighted by Gasteiger charge is -2.38. The second-order valence-corrected chi connectivity index (χ2v) is 21.0. The number of nitrogens with one attached hydrogen (secondary N) is 4. The Balaban J connectivity index is 0.000000233. The van der Waals surface area contributed by atoms with Gasteiger partial charge in [0.2, 0.25) is 20.0 Å². The van der Waals surface area contributed by atoms with Gasteiger partial charge in [-0.1, -0.05) is 26.7 Å². The van der Waals surface area contributed by atoms with Gasteiger partial charge in [0.05, 0.1) is 52.1 Å². The summed E-state index contributed by atoms with van der Waals surface area (Å²) >= 11 is 0. The molecule has 0 unspecified atom stereocenters. The zero-order valence-electron chi connectivity index (χ0n) is 40.8.